The van der Waals surface area contributed by atoms with E-state index in [1.807, 2.05) is 48.5 Å². The summed E-state index contributed by atoms with van der Waals surface area (Å²) in [6, 6.07) is 15.9. The van der Waals surface area contributed by atoms with Gasteiger partial charge in [0.1, 0.15) is 12.4 Å². The fourth-order valence-corrected chi connectivity index (χ4v) is 3.79. The molecule has 5 nitrogen and oxygen atoms in total. The molecule has 1 fully saturated rings. The molecule has 0 saturated carbocycles. The van der Waals surface area contributed by atoms with Gasteiger partial charge in [-0.15, -0.1) is 11.8 Å². The highest BCUT2D eigenvalue weighted by Crippen LogP contribution is 2.20. The molecule has 0 radical (unpaired) electrons. The van der Waals surface area contributed by atoms with E-state index in [9.17, 15) is 4.79 Å². The Labute approximate surface area is 178 Å². The second-order valence-corrected chi connectivity index (χ2v) is 8.43. The van der Waals surface area contributed by atoms with Gasteiger partial charge in [-0.25, -0.2) is 0 Å². The van der Waals surface area contributed by atoms with Crippen LogP contribution in [0.2, 0.25) is 0 Å². The molecule has 0 aromatic heterocycles. The summed E-state index contributed by atoms with van der Waals surface area (Å²) < 4.78 is 12.3. The highest BCUT2D eigenvalue weighted by molar-refractivity contribution is 9.10. The van der Waals surface area contributed by atoms with Gasteiger partial charge in [-0.05, 0) is 42.0 Å². The summed E-state index contributed by atoms with van der Waals surface area (Å²) in [5.41, 5.74) is 1.03. The third kappa shape index (κ3) is 7.47. The predicted octanol–water partition coefficient (Wildman–Crippen LogP) is 3.57. The van der Waals surface area contributed by atoms with Crippen LogP contribution in [0.3, 0.4) is 0 Å². The molecule has 1 saturated heterocycles. The van der Waals surface area contributed by atoms with Crippen molar-refractivity contribution in [1.82, 2.24) is 10.2 Å². The molecular formula is C21H25BrN2O3S. The second kappa shape index (κ2) is 11.5. The Morgan fingerprint density at radius 1 is 1.18 bits per heavy atom. The highest BCUT2D eigenvalue weighted by atomic mass is 79.9. The first-order chi connectivity index (χ1) is 13.7. The van der Waals surface area contributed by atoms with Gasteiger partial charge in [0.25, 0.3) is 0 Å². The van der Waals surface area contributed by atoms with E-state index in [4.69, 9.17) is 9.47 Å². The monoisotopic (exact) mass is 464 g/mol. The molecule has 0 atom stereocenters. The molecule has 0 unspecified atom stereocenters. The zero-order valence-corrected chi connectivity index (χ0v) is 18.1. The Kier molecular flexibility index (Phi) is 8.67. The fourth-order valence-electron chi connectivity index (χ4n) is 2.79. The van der Waals surface area contributed by atoms with Crippen molar-refractivity contribution >= 4 is 33.6 Å². The summed E-state index contributed by atoms with van der Waals surface area (Å²) in [5.74, 6) is 1.26. The maximum absolute atomic E-state index is 12.1. The van der Waals surface area contributed by atoms with Crippen LogP contribution in [0.4, 0.5) is 0 Å². The smallest absolute Gasteiger partial charge is 0.230 e. The standard InChI is InChI=1S/C21H25BrN2O3S/c22-18-4-6-20(7-5-18)28-16-21(25)23-15-17-2-1-3-19(14-17)27-13-10-24-8-11-26-12-9-24/h1-7,14H,8-13,15-16H2,(H,23,25). The summed E-state index contributed by atoms with van der Waals surface area (Å²) in [5, 5.41) is 2.97. The average molecular weight is 465 g/mol. The first-order valence-electron chi connectivity index (χ1n) is 9.36. The van der Waals surface area contributed by atoms with Gasteiger partial charge in [0.15, 0.2) is 0 Å². The van der Waals surface area contributed by atoms with Crippen molar-refractivity contribution in [3.8, 4) is 5.75 Å². The number of hydrogen-bond donors (Lipinski definition) is 1. The number of thioether (sulfide) groups is 1. The third-order valence-electron chi connectivity index (χ3n) is 4.35. The van der Waals surface area contributed by atoms with Crippen LogP contribution >= 0.6 is 27.7 Å². The van der Waals surface area contributed by atoms with E-state index in [1.54, 1.807) is 0 Å². The molecule has 2 aromatic rings. The number of rotatable bonds is 9. The lowest BCUT2D eigenvalue weighted by molar-refractivity contribution is -0.118. The van der Waals surface area contributed by atoms with Crippen LogP contribution in [0.25, 0.3) is 0 Å². The van der Waals surface area contributed by atoms with Crippen molar-refractivity contribution in [3.63, 3.8) is 0 Å². The minimum atomic E-state index is 0.0200. The number of benzene rings is 2. The predicted molar refractivity (Wildman–Crippen MR) is 116 cm³/mol. The molecule has 0 bridgehead atoms. The lowest BCUT2D eigenvalue weighted by atomic mass is 10.2. The lowest BCUT2D eigenvalue weighted by Gasteiger charge is -2.26. The molecule has 150 valence electrons. The van der Waals surface area contributed by atoms with Crippen molar-refractivity contribution in [2.24, 2.45) is 0 Å². The van der Waals surface area contributed by atoms with Crippen molar-refractivity contribution < 1.29 is 14.3 Å². The van der Waals surface area contributed by atoms with E-state index in [-0.39, 0.29) is 5.91 Å². The molecule has 1 aliphatic heterocycles. The topological polar surface area (TPSA) is 50.8 Å². The number of halogens is 1. The minimum Gasteiger partial charge on any atom is -0.492 e. The number of nitrogens with zero attached hydrogens (tertiary/aromatic N) is 1. The van der Waals surface area contributed by atoms with E-state index in [2.05, 4.69) is 26.1 Å². The first-order valence-corrected chi connectivity index (χ1v) is 11.1. The number of carbonyl (C=O) groups excluding carboxylic acids is 1. The molecule has 1 N–H and O–H groups in total. The van der Waals surface area contributed by atoms with Gasteiger partial charge in [0, 0.05) is 35.5 Å². The molecule has 2 aromatic carbocycles. The van der Waals surface area contributed by atoms with E-state index in [0.29, 0.717) is 18.9 Å². The van der Waals surface area contributed by atoms with Crippen LogP contribution in [0, 0.1) is 0 Å². The van der Waals surface area contributed by atoms with Crippen LogP contribution in [-0.2, 0) is 16.1 Å². The fraction of sp³-hybridized carbons (Fsp3) is 0.381. The molecular weight excluding hydrogens is 440 g/mol. The van der Waals surface area contributed by atoms with Gasteiger partial charge in [0.05, 0.1) is 19.0 Å². The number of carbonyl (C=O) groups is 1. The summed E-state index contributed by atoms with van der Waals surface area (Å²) in [7, 11) is 0. The maximum Gasteiger partial charge on any atom is 0.230 e. The molecule has 3 rings (SSSR count). The molecule has 1 amide bonds. The van der Waals surface area contributed by atoms with Gasteiger partial charge >= 0.3 is 0 Å². The van der Waals surface area contributed by atoms with Gasteiger partial charge in [-0.3, -0.25) is 9.69 Å². The van der Waals surface area contributed by atoms with Crippen LogP contribution in [0.1, 0.15) is 5.56 Å². The molecule has 1 aliphatic rings. The quantitative estimate of drug-likeness (QED) is 0.574. The zero-order valence-electron chi connectivity index (χ0n) is 15.7. The van der Waals surface area contributed by atoms with Crippen molar-refractivity contribution in [2.45, 2.75) is 11.4 Å². The molecule has 1 heterocycles. The van der Waals surface area contributed by atoms with Crippen LogP contribution in [0.5, 0.6) is 5.75 Å². The normalized spacial score (nSPS) is 14.6. The van der Waals surface area contributed by atoms with Crippen LogP contribution < -0.4 is 10.1 Å². The summed E-state index contributed by atoms with van der Waals surface area (Å²) in [6.07, 6.45) is 0. The number of morpholine rings is 1. The Morgan fingerprint density at radius 3 is 2.75 bits per heavy atom. The molecule has 7 heteroatoms. The first kappa shape index (κ1) is 21.2. The summed E-state index contributed by atoms with van der Waals surface area (Å²) in [4.78, 5) is 15.5. The van der Waals surface area contributed by atoms with E-state index in [0.717, 1.165) is 53.5 Å². The SMILES string of the molecule is O=C(CSc1ccc(Br)cc1)NCc1cccc(OCCN2CCOCC2)c1. The second-order valence-electron chi connectivity index (χ2n) is 6.47. The van der Waals surface area contributed by atoms with E-state index in [1.165, 1.54) is 11.8 Å². The van der Waals surface area contributed by atoms with Crippen LogP contribution in [0.15, 0.2) is 57.9 Å². The number of hydrogen-bond acceptors (Lipinski definition) is 5. The number of ether oxygens (including phenoxy) is 2. The Balaban J connectivity index is 1.37. The third-order valence-corrected chi connectivity index (χ3v) is 5.89. The van der Waals surface area contributed by atoms with Crippen molar-refractivity contribution in [2.75, 3.05) is 45.2 Å². The van der Waals surface area contributed by atoms with Crippen LogP contribution in [-0.4, -0.2) is 56.0 Å². The number of nitrogens with one attached hydrogen (secondary N) is 1. The summed E-state index contributed by atoms with van der Waals surface area (Å²) in [6.45, 7) is 5.59. The molecule has 0 spiro atoms. The van der Waals surface area contributed by atoms with Crippen molar-refractivity contribution in [3.05, 3.63) is 58.6 Å². The van der Waals surface area contributed by atoms with Gasteiger partial charge < -0.3 is 14.8 Å². The Hall–Kier alpha value is -1.54. The molecule has 28 heavy (non-hydrogen) atoms. The minimum absolute atomic E-state index is 0.0200. The largest absolute Gasteiger partial charge is 0.492 e. The summed E-state index contributed by atoms with van der Waals surface area (Å²) >= 11 is 4.94. The number of amides is 1. The van der Waals surface area contributed by atoms with Gasteiger partial charge in [-0.1, -0.05) is 28.1 Å². The maximum atomic E-state index is 12.1. The van der Waals surface area contributed by atoms with Crippen molar-refractivity contribution in [1.29, 1.82) is 0 Å². The Morgan fingerprint density at radius 2 is 1.96 bits per heavy atom. The van der Waals surface area contributed by atoms with E-state index < -0.39 is 0 Å². The van der Waals surface area contributed by atoms with E-state index >= 15 is 0 Å². The van der Waals surface area contributed by atoms with Gasteiger partial charge in [0.2, 0.25) is 5.91 Å². The van der Waals surface area contributed by atoms with Gasteiger partial charge in [-0.2, -0.15) is 0 Å². The zero-order chi connectivity index (χ0) is 19.6. The average Bonchev–Trinajstić information content (AvgIpc) is 2.73. The highest BCUT2D eigenvalue weighted by Gasteiger charge is 2.10. The lowest BCUT2D eigenvalue weighted by Crippen LogP contribution is -2.38. The Bertz CT molecular complexity index is 752. The molecule has 0 aliphatic carbocycles.